The molecule has 1 amide bonds. The van der Waals surface area contributed by atoms with Gasteiger partial charge in [-0.1, -0.05) is 44.5 Å². The molecule has 1 unspecified atom stereocenters. The SMILES string of the molecule is CCC.CSC1CC[C@H](C(=O)N2CCc3ccccc3[C@@H]2C)OC1. The summed E-state index contributed by atoms with van der Waals surface area (Å²) in [7, 11) is 0. The fourth-order valence-corrected chi connectivity index (χ4v) is 3.95. The van der Waals surface area contributed by atoms with Gasteiger partial charge in [0.25, 0.3) is 5.91 Å². The Morgan fingerprint density at radius 1 is 1.29 bits per heavy atom. The van der Waals surface area contributed by atoms with Crippen molar-refractivity contribution in [3.8, 4) is 0 Å². The predicted octanol–water partition coefficient (Wildman–Crippen LogP) is 4.46. The highest BCUT2D eigenvalue weighted by Gasteiger charge is 2.34. The van der Waals surface area contributed by atoms with E-state index in [4.69, 9.17) is 4.74 Å². The van der Waals surface area contributed by atoms with Gasteiger partial charge in [-0.2, -0.15) is 11.8 Å². The van der Waals surface area contributed by atoms with Crippen LogP contribution in [0.4, 0.5) is 0 Å². The van der Waals surface area contributed by atoms with Gasteiger partial charge in [-0.25, -0.2) is 0 Å². The lowest BCUT2D eigenvalue weighted by molar-refractivity contribution is -0.148. The van der Waals surface area contributed by atoms with Crippen molar-refractivity contribution in [1.29, 1.82) is 0 Å². The number of ether oxygens (including phenoxy) is 1. The second-order valence-corrected chi connectivity index (χ2v) is 7.76. The standard InChI is InChI=1S/C17H23NO2S.C3H8/c1-12-15-6-4-3-5-13(15)9-10-18(12)17(19)16-8-7-14(21-2)11-20-16;1-3-2/h3-6,12,14,16H,7-11H2,1-2H3;3H2,1-2H3/t12-,14?,16+;/m0./s1. The Hall–Kier alpha value is -1.00. The first kappa shape index (κ1) is 19.3. The highest BCUT2D eigenvalue weighted by atomic mass is 32.2. The van der Waals surface area contributed by atoms with E-state index >= 15 is 0 Å². The maximum Gasteiger partial charge on any atom is 0.252 e. The number of hydrogen-bond donors (Lipinski definition) is 0. The van der Waals surface area contributed by atoms with E-state index in [9.17, 15) is 4.79 Å². The molecule has 24 heavy (non-hydrogen) atoms. The molecule has 3 rings (SSSR count). The van der Waals surface area contributed by atoms with Crippen LogP contribution < -0.4 is 0 Å². The summed E-state index contributed by atoms with van der Waals surface area (Å²) < 4.78 is 5.82. The summed E-state index contributed by atoms with van der Waals surface area (Å²) in [6.45, 7) is 7.89. The van der Waals surface area contributed by atoms with Crippen LogP contribution in [0.2, 0.25) is 0 Å². The normalized spacial score (nSPS) is 26.2. The molecule has 0 radical (unpaired) electrons. The summed E-state index contributed by atoms with van der Waals surface area (Å²) in [5.41, 5.74) is 2.66. The van der Waals surface area contributed by atoms with Crippen LogP contribution in [0.15, 0.2) is 24.3 Å². The molecule has 1 fully saturated rings. The van der Waals surface area contributed by atoms with Crippen molar-refractivity contribution in [3.63, 3.8) is 0 Å². The minimum atomic E-state index is -0.235. The van der Waals surface area contributed by atoms with E-state index in [-0.39, 0.29) is 18.1 Å². The Bertz CT molecular complexity index is 526. The summed E-state index contributed by atoms with van der Waals surface area (Å²) in [4.78, 5) is 14.8. The Kier molecular flexibility index (Phi) is 7.63. The average Bonchev–Trinajstić information content (AvgIpc) is 2.62. The second-order valence-electron chi connectivity index (χ2n) is 6.62. The molecule has 2 aliphatic rings. The lowest BCUT2D eigenvalue weighted by Gasteiger charge is -2.38. The highest BCUT2D eigenvalue weighted by molar-refractivity contribution is 7.99. The molecule has 4 heteroatoms. The van der Waals surface area contributed by atoms with Crippen LogP contribution in [0.1, 0.15) is 57.2 Å². The molecule has 3 atom stereocenters. The third kappa shape index (κ3) is 4.54. The number of carbonyl (C=O) groups excluding carboxylic acids is 1. The third-order valence-electron chi connectivity index (χ3n) is 4.72. The van der Waals surface area contributed by atoms with Crippen molar-refractivity contribution in [2.45, 2.75) is 63.9 Å². The van der Waals surface area contributed by atoms with E-state index in [2.05, 4.69) is 51.3 Å². The number of thioether (sulfide) groups is 1. The molecule has 0 aromatic heterocycles. The molecule has 2 aliphatic heterocycles. The fourth-order valence-electron chi connectivity index (χ4n) is 3.37. The van der Waals surface area contributed by atoms with Gasteiger partial charge in [0.05, 0.1) is 12.6 Å². The lowest BCUT2D eigenvalue weighted by atomic mass is 9.93. The van der Waals surface area contributed by atoms with Crippen molar-refractivity contribution in [3.05, 3.63) is 35.4 Å². The number of amides is 1. The maximum absolute atomic E-state index is 12.8. The Balaban J connectivity index is 0.000000647. The van der Waals surface area contributed by atoms with Gasteiger partial charge in [0.15, 0.2) is 0 Å². The van der Waals surface area contributed by atoms with E-state index in [1.807, 2.05) is 16.7 Å². The molecular formula is C20H31NO2S. The van der Waals surface area contributed by atoms with Crippen LogP contribution in [0, 0.1) is 0 Å². The summed E-state index contributed by atoms with van der Waals surface area (Å²) in [5, 5.41) is 0.550. The van der Waals surface area contributed by atoms with Crippen molar-refractivity contribution < 1.29 is 9.53 Å². The van der Waals surface area contributed by atoms with Crippen molar-refractivity contribution in [2.75, 3.05) is 19.4 Å². The molecule has 0 spiro atoms. The zero-order valence-electron chi connectivity index (χ0n) is 15.5. The van der Waals surface area contributed by atoms with Gasteiger partial charge in [0, 0.05) is 11.8 Å². The maximum atomic E-state index is 12.8. The largest absolute Gasteiger partial charge is 0.367 e. The number of fused-ring (bicyclic) bond motifs is 1. The Labute approximate surface area is 151 Å². The van der Waals surface area contributed by atoms with E-state index in [1.54, 1.807) is 0 Å². The van der Waals surface area contributed by atoms with E-state index in [0.717, 1.165) is 25.8 Å². The average molecular weight is 350 g/mol. The quantitative estimate of drug-likeness (QED) is 0.789. The van der Waals surface area contributed by atoms with Crippen molar-refractivity contribution in [2.24, 2.45) is 0 Å². The Morgan fingerprint density at radius 3 is 2.62 bits per heavy atom. The molecule has 3 nitrogen and oxygen atoms in total. The number of rotatable bonds is 2. The van der Waals surface area contributed by atoms with Gasteiger partial charge in [0.1, 0.15) is 6.10 Å². The molecule has 1 aromatic rings. The zero-order chi connectivity index (χ0) is 17.5. The van der Waals surface area contributed by atoms with Crippen molar-refractivity contribution in [1.82, 2.24) is 4.90 Å². The monoisotopic (exact) mass is 349 g/mol. The van der Waals surface area contributed by atoms with E-state index < -0.39 is 0 Å². The minimum Gasteiger partial charge on any atom is -0.367 e. The number of hydrogen-bond acceptors (Lipinski definition) is 3. The molecule has 2 heterocycles. The van der Waals surface area contributed by atoms with Gasteiger partial charge < -0.3 is 9.64 Å². The van der Waals surface area contributed by atoms with Gasteiger partial charge in [-0.3, -0.25) is 4.79 Å². The topological polar surface area (TPSA) is 29.5 Å². The smallest absolute Gasteiger partial charge is 0.252 e. The third-order valence-corrected chi connectivity index (χ3v) is 5.76. The van der Waals surface area contributed by atoms with Gasteiger partial charge in [-0.15, -0.1) is 0 Å². The van der Waals surface area contributed by atoms with Crippen LogP contribution >= 0.6 is 11.8 Å². The van der Waals surface area contributed by atoms with Crippen LogP contribution in [-0.2, 0) is 16.0 Å². The molecule has 0 N–H and O–H groups in total. The molecule has 0 saturated carbocycles. The predicted molar refractivity (Wildman–Crippen MR) is 103 cm³/mol. The van der Waals surface area contributed by atoms with Crippen LogP contribution in [0.5, 0.6) is 0 Å². The highest BCUT2D eigenvalue weighted by Crippen LogP contribution is 2.31. The number of benzene rings is 1. The first-order chi connectivity index (χ1) is 11.6. The second kappa shape index (κ2) is 9.47. The number of nitrogens with zero attached hydrogens (tertiary/aromatic N) is 1. The molecule has 1 aromatic carbocycles. The summed E-state index contributed by atoms with van der Waals surface area (Å²) >= 11 is 1.84. The van der Waals surface area contributed by atoms with Gasteiger partial charge in [-0.05, 0) is 43.6 Å². The first-order valence-corrected chi connectivity index (χ1v) is 10.4. The Morgan fingerprint density at radius 2 is 2.00 bits per heavy atom. The van der Waals surface area contributed by atoms with Crippen LogP contribution in [-0.4, -0.2) is 41.6 Å². The lowest BCUT2D eigenvalue weighted by Crippen LogP contribution is -2.47. The summed E-state index contributed by atoms with van der Waals surface area (Å²) in [6, 6.07) is 8.61. The van der Waals surface area contributed by atoms with Crippen LogP contribution in [0.25, 0.3) is 0 Å². The zero-order valence-corrected chi connectivity index (χ0v) is 16.3. The fraction of sp³-hybridized carbons (Fsp3) is 0.650. The molecule has 0 bridgehead atoms. The van der Waals surface area contributed by atoms with Crippen molar-refractivity contribution >= 4 is 17.7 Å². The molecule has 134 valence electrons. The van der Waals surface area contributed by atoms with Gasteiger partial charge >= 0.3 is 0 Å². The molecule has 0 aliphatic carbocycles. The molecular weight excluding hydrogens is 318 g/mol. The first-order valence-electron chi connectivity index (χ1n) is 9.15. The minimum absolute atomic E-state index is 0.157. The van der Waals surface area contributed by atoms with Gasteiger partial charge in [0.2, 0.25) is 0 Å². The molecule has 1 saturated heterocycles. The summed E-state index contributed by atoms with van der Waals surface area (Å²) in [6.07, 6.45) is 6.01. The van der Waals surface area contributed by atoms with E-state index in [0.29, 0.717) is 11.9 Å². The van der Waals surface area contributed by atoms with Crippen LogP contribution in [0.3, 0.4) is 0 Å². The van der Waals surface area contributed by atoms with E-state index in [1.165, 1.54) is 17.5 Å². The summed E-state index contributed by atoms with van der Waals surface area (Å²) in [5.74, 6) is 0.177. The number of carbonyl (C=O) groups is 1.